The summed E-state index contributed by atoms with van der Waals surface area (Å²) in [7, 11) is 3.01. The Balaban J connectivity index is 1.60. The van der Waals surface area contributed by atoms with E-state index in [9.17, 15) is 10.1 Å². The lowest BCUT2D eigenvalue weighted by molar-refractivity contribution is 0.0593. The standard InChI is InChI=1S/C21H21N7O2/c1-27-19(12-17(26-27)20(29)30-2)25-21-23-8-7-16(24-21)14-5-6-18(15(11-14)13-22)28-9-3-4-10-28/h5-8,11-12H,3-4,9-10H2,1-2H3,(H,23,24,25). The van der Waals surface area contributed by atoms with Gasteiger partial charge in [0.15, 0.2) is 5.69 Å². The molecular weight excluding hydrogens is 382 g/mol. The Morgan fingerprint density at radius 2 is 2.03 bits per heavy atom. The molecule has 0 saturated carbocycles. The number of aromatic nitrogens is 4. The molecule has 1 aliphatic heterocycles. The first-order valence-electron chi connectivity index (χ1n) is 9.61. The van der Waals surface area contributed by atoms with Crippen LogP contribution in [-0.2, 0) is 11.8 Å². The molecule has 0 atom stereocenters. The number of carbonyl (C=O) groups is 1. The molecule has 0 bridgehead atoms. The Morgan fingerprint density at radius 3 is 2.77 bits per heavy atom. The second-order valence-electron chi connectivity index (χ2n) is 6.96. The summed E-state index contributed by atoms with van der Waals surface area (Å²) in [5, 5.41) is 16.8. The first-order chi connectivity index (χ1) is 14.6. The average Bonchev–Trinajstić information content (AvgIpc) is 3.43. The van der Waals surface area contributed by atoms with Crippen molar-refractivity contribution < 1.29 is 9.53 Å². The van der Waals surface area contributed by atoms with E-state index in [1.807, 2.05) is 18.2 Å². The summed E-state index contributed by atoms with van der Waals surface area (Å²) >= 11 is 0. The van der Waals surface area contributed by atoms with Gasteiger partial charge in [0.2, 0.25) is 5.95 Å². The topological polar surface area (TPSA) is 109 Å². The zero-order chi connectivity index (χ0) is 21.1. The van der Waals surface area contributed by atoms with E-state index in [0.29, 0.717) is 23.0 Å². The molecule has 9 heteroatoms. The number of methoxy groups -OCH3 is 1. The van der Waals surface area contributed by atoms with Gasteiger partial charge < -0.3 is 15.0 Å². The van der Waals surface area contributed by atoms with E-state index in [1.54, 1.807) is 25.4 Å². The van der Waals surface area contributed by atoms with Gasteiger partial charge in [-0.25, -0.2) is 14.8 Å². The molecule has 4 rings (SSSR count). The number of aryl methyl sites for hydroxylation is 1. The van der Waals surface area contributed by atoms with Crippen molar-refractivity contribution in [3.05, 3.63) is 47.8 Å². The molecule has 3 aromatic rings. The smallest absolute Gasteiger partial charge is 0.358 e. The van der Waals surface area contributed by atoms with Gasteiger partial charge in [0.05, 0.1) is 24.1 Å². The maximum Gasteiger partial charge on any atom is 0.358 e. The summed E-state index contributed by atoms with van der Waals surface area (Å²) in [6.45, 7) is 1.96. The molecule has 1 aromatic carbocycles. The summed E-state index contributed by atoms with van der Waals surface area (Å²) in [4.78, 5) is 22.7. The van der Waals surface area contributed by atoms with Crippen molar-refractivity contribution in [1.29, 1.82) is 5.26 Å². The van der Waals surface area contributed by atoms with Crippen LogP contribution in [0.3, 0.4) is 0 Å². The highest BCUT2D eigenvalue weighted by Gasteiger charge is 2.17. The minimum atomic E-state index is -0.518. The zero-order valence-corrected chi connectivity index (χ0v) is 16.8. The molecular formula is C21H21N7O2. The molecule has 1 N–H and O–H groups in total. The molecule has 0 unspecified atom stereocenters. The zero-order valence-electron chi connectivity index (χ0n) is 16.8. The number of rotatable bonds is 5. The van der Waals surface area contributed by atoms with Crippen LogP contribution < -0.4 is 10.2 Å². The number of benzene rings is 1. The quantitative estimate of drug-likeness (QED) is 0.648. The number of carbonyl (C=O) groups excluding carboxylic acids is 1. The Bertz CT molecular complexity index is 1130. The molecule has 0 spiro atoms. The first kappa shape index (κ1) is 19.4. The Labute approximate surface area is 173 Å². The van der Waals surface area contributed by atoms with Crippen LogP contribution in [0.4, 0.5) is 17.5 Å². The molecule has 0 radical (unpaired) electrons. The summed E-state index contributed by atoms with van der Waals surface area (Å²) < 4.78 is 6.21. The van der Waals surface area contributed by atoms with Crippen LogP contribution in [0.15, 0.2) is 36.5 Å². The number of nitrogens with one attached hydrogen (secondary N) is 1. The summed E-state index contributed by atoms with van der Waals surface area (Å²) in [5.74, 6) is 0.388. The number of nitriles is 1. The van der Waals surface area contributed by atoms with E-state index in [0.717, 1.165) is 37.2 Å². The second-order valence-corrected chi connectivity index (χ2v) is 6.96. The maximum atomic E-state index is 11.7. The third-order valence-electron chi connectivity index (χ3n) is 5.03. The van der Waals surface area contributed by atoms with Crippen molar-refractivity contribution in [2.45, 2.75) is 12.8 Å². The van der Waals surface area contributed by atoms with Crippen molar-refractivity contribution in [3.63, 3.8) is 0 Å². The summed E-state index contributed by atoms with van der Waals surface area (Å²) in [6, 6.07) is 11.5. The van der Waals surface area contributed by atoms with Crippen molar-refractivity contribution in [2.24, 2.45) is 7.05 Å². The van der Waals surface area contributed by atoms with E-state index in [1.165, 1.54) is 11.8 Å². The van der Waals surface area contributed by atoms with Crippen LogP contribution in [0.25, 0.3) is 11.3 Å². The van der Waals surface area contributed by atoms with Gasteiger partial charge in [-0.05, 0) is 31.0 Å². The first-order valence-corrected chi connectivity index (χ1v) is 9.61. The Kier molecular flexibility index (Phi) is 5.30. The summed E-state index contributed by atoms with van der Waals surface area (Å²) in [5.41, 5.74) is 3.32. The van der Waals surface area contributed by atoms with Gasteiger partial charge in [0, 0.05) is 38.0 Å². The second kappa shape index (κ2) is 8.21. The van der Waals surface area contributed by atoms with Crippen LogP contribution >= 0.6 is 0 Å². The number of nitrogens with zero attached hydrogens (tertiary/aromatic N) is 6. The lowest BCUT2D eigenvalue weighted by Crippen LogP contribution is -2.18. The number of anilines is 3. The van der Waals surface area contributed by atoms with E-state index < -0.39 is 5.97 Å². The number of ether oxygens (including phenoxy) is 1. The van der Waals surface area contributed by atoms with Crippen LogP contribution in [0.2, 0.25) is 0 Å². The van der Waals surface area contributed by atoms with Gasteiger partial charge in [-0.15, -0.1) is 0 Å². The third kappa shape index (κ3) is 3.80. The van der Waals surface area contributed by atoms with Crippen LogP contribution in [0.5, 0.6) is 0 Å². The lowest BCUT2D eigenvalue weighted by Gasteiger charge is -2.19. The van der Waals surface area contributed by atoms with Crippen molar-refractivity contribution >= 4 is 23.4 Å². The maximum absolute atomic E-state index is 11.7. The van der Waals surface area contributed by atoms with Crippen LogP contribution in [-0.4, -0.2) is 45.9 Å². The van der Waals surface area contributed by atoms with Crippen LogP contribution in [0, 0.1) is 11.3 Å². The molecule has 2 aromatic heterocycles. The predicted octanol–water partition coefficient (Wildman–Crippen LogP) is 2.88. The molecule has 1 fully saturated rings. The predicted molar refractivity (Wildman–Crippen MR) is 111 cm³/mol. The normalized spacial score (nSPS) is 13.2. The molecule has 30 heavy (non-hydrogen) atoms. The van der Waals surface area contributed by atoms with E-state index in [4.69, 9.17) is 4.74 Å². The lowest BCUT2D eigenvalue weighted by atomic mass is 10.1. The van der Waals surface area contributed by atoms with Gasteiger partial charge in [0.25, 0.3) is 0 Å². The average molecular weight is 403 g/mol. The molecule has 152 valence electrons. The van der Waals surface area contributed by atoms with Gasteiger partial charge in [-0.1, -0.05) is 6.07 Å². The number of hydrogen-bond acceptors (Lipinski definition) is 8. The van der Waals surface area contributed by atoms with Crippen LogP contribution in [0.1, 0.15) is 28.9 Å². The number of hydrogen-bond donors (Lipinski definition) is 1. The largest absolute Gasteiger partial charge is 0.464 e. The fourth-order valence-electron chi connectivity index (χ4n) is 3.50. The minimum Gasteiger partial charge on any atom is -0.464 e. The summed E-state index contributed by atoms with van der Waals surface area (Å²) in [6.07, 6.45) is 3.95. The van der Waals surface area contributed by atoms with Crippen molar-refractivity contribution in [3.8, 4) is 17.3 Å². The number of esters is 1. The molecule has 0 aliphatic carbocycles. The molecule has 3 heterocycles. The van der Waals surface area contributed by atoms with Gasteiger partial charge in [-0.3, -0.25) is 4.68 Å². The fraction of sp³-hybridized carbons (Fsp3) is 0.286. The van der Waals surface area contributed by atoms with Crippen molar-refractivity contribution in [2.75, 3.05) is 30.4 Å². The van der Waals surface area contributed by atoms with Gasteiger partial charge >= 0.3 is 5.97 Å². The van der Waals surface area contributed by atoms with Gasteiger partial charge in [-0.2, -0.15) is 10.4 Å². The van der Waals surface area contributed by atoms with E-state index in [-0.39, 0.29) is 5.69 Å². The molecule has 1 saturated heterocycles. The molecule has 0 amide bonds. The Morgan fingerprint density at radius 1 is 1.23 bits per heavy atom. The van der Waals surface area contributed by atoms with E-state index >= 15 is 0 Å². The van der Waals surface area contributed by atoms with Gasteiger partial charge in [0.1, 0.15) is 11.9 Å². The highest BCUT2D eigenvalue weighted by Crippen LogP contribution is 2.29. The highest BCUT2D eigenvalue weighted by atomic mass is 16.5. The van der Waals surface area contributed by atoms with E-state index in [2.05, 4.69) is 31.4 Å². The molecule has 1 aliphatic rings. The highest BCUT2D eigenvalue weighted by molar-refractivity contribution is 5.88. The SMILES string of the molecule is COC(=O)c1cc(Nc2nccc(-c3ccc(N4CCCC4)c(C#N)c3)n2)n(C)n1. The minimum absolute atomic E-state index is 0.190. The fourth-order valence-corrected chi connectivity index (χ4v) is 3.50. The monoisotopic (exact) mass is 403 g/mol. The molecule has 9 nitrogen and oxygen atoms in total. The van der Waals surface area contributed by atoms with Crippen molar-refractivity contribution in [1.82, 2.24) is 19.7 Å². The third-order valence-corrected chi connectivity index (χ3v) is 5.03. The Hall–Kier alpha value is -3.93.